The van der Waals surface area contributed by atoms with E-state index in [1.54, 1.807) is 12.0 Å². The topological polar surface area (TPSA) is 71.5 Å². The van der Waals surface area contributed by atoms with Crippen molar-refractivity contribution >= 4 is 28.3 Å². The predicted molar refractivity (Wildman–Crippen MR) is 106 cm³/mol. The second-order valence-corrected chi connectivity index (χ2v) is 7.67. The maximum absolute atomic E-state index is 13.0. The van der Waals surface area contributed by atoms with Gasteiger partial charge in [0, 0.05) is 31.6 Å². The molecule has 2 amide bonds. The van der Waals surface area contributed by atoms with Gasteiger partial charge in [0.2, 0.25) is 11.8 Å². The molecule has 7 heteroatoms. The number of hydrogen-bond acceptors (Lipinski definition) is 5. The number of ether oxygens (including phenoxy) is 1. The van der Waals surface area contributed by atoms with Crippen molar-refractivity contribution in [3.8, 4) is 0 Å². The summed E-state index contributed by atoms with van der Waals surface area (Å²) >= 11 is 1.38. The van der Waals surface area contributed by atoms with Gasteiger partial charge in [0.05, 0.1) is 12.2 Å². The molecule has 0 saturated heterocycles. The van der Waals surface area contributed by atoms with E-state index >= 15 is 0 Å². The van der Waals surface area contributed by atoms with Crippen molar-refractivity contribution in [2.75, 3.05) is 32.1 Å². The molecule has 2 atom stereocenters. The number of rotatable bonds is 9. The highest BCUT2D eigenvalue weighted by Gasteiger charge is 2.45. The molecule has 1 aromatic heterocycles. The van der Waals surface area contributed by atoms with Gasteiger partial charge in [0.1, 0.15) is 0 Å². The summed E-state index contributed by atoms with van der Waals surface area (Å²) in [5.74, 6) is 0.0515. The Morgan fingerprint density at radius 1 is 1.33 bits per heavy atom. The van der Waals surface area contributed by atoms with Gasteiger partial charge < -0.3 is 15.0 Å². The molecule has 6 nitrogen and oxygen atoms in total. The Bertz CT molecular complexity index is 778. The van der Waals surface area contributed by atoms with Crippen LogP contribution in [-0.4, -0.2) is 48.5 Å². The van der Waals surface area contributed by atoms with Gasteiger partial charge in [0.25, 0.3) is 0 Å². The minimum atomic E-state index is -0.216. The van der Waals surface area contributed by atoms with E-state index in [1.165, 1.54) is 16.9 Å². The highest BCUT2D eigenvalue weighted by atomic mass is 32.1. The molecule has 1 N–H and O–H groups in total. The van der Waals surface area contributed by atoms with Crippen LogP contribution in [0.2, 0.25) is 0 Å². The van der Waals surface area contributed by atoms with Gasteiger partial charge in [-0.05, 0) is 31.2 Å². The molecule has 1 aliphatic rings. The lowest BCUT2D eigenvalue weighted by atomic mass is 10.1. The summed E-state index contributed by atoms with van der Waals surface area (Å²) in [6.45, 7) is 2.99. The lowest BCUT2D eigenvalue weighted by Gasteiger charge is -2.22. The van der Waals surface area contributed by atoms with Crippen LogP contribution >= 0.6 is 11.3 Å². The van der Waals surface area contributed by atoms with E-state index in [1.807, 2.05) is 30.5 Å². The van der Waals surface area contributed by atoms with E-state index in [2.05, 4.69) is 22.4 Å². The van der Waals surface area contributed by atoms with Crippen molar-refractivity contribution in [1.29, 1.82) is 0 Å². The van der Waals surface area contributed by atoms with Gasteiger partial charge in [-0.1, -0.05) is 30.3 Å². The van der Waals surface area contributed by atoms with E-state index in [0.717, 1.165) is 12.1 Å². The number of nitrogens with zero attached hydrogens (tertiary/aromatic N) is 2. The maximum atomic E-state index is 13.0. The molecule has 144 valence electrons. The van der Waals surface area contributed by atoms with Crippen molar-refractivity contribution < 1.29 is 14.3 Å². The lowest BCUT2D eigenvalue weighted by molar-refractivity contribution is -0.136. The molecular weight excluding hydrogens is 362 g/mol. The van der Waals surface area contributed by atoms with Crippen LogP contribution in [0.5, 0.6) is 0 Å². The molecule has 1 fully saturated rings. The Morgan fingerprint density at radius 2 is 2.11 bits per heavy atom. The number of carbonyl (C=O) groups excluding carboxylic acids is 2. The van der Waals surface area contributed by atoms with Crippen molar-refractivity contribution in [2.24, 2.45) is 5.92 Å². The normalized spacial score (nSPS) is 18.1. The number of aromatic nitrogens is 1. The van der Waals surface area contributed by atoms with Crippen molar-refractivity contribution in [3.05, 3.63) is 47.0 Å². The molecule has 2 aromatic rings. The number of hydrogen-bond donors (Lipinski definition) is 1. The average molecular weight is 388 g/mol. The summed E-state index contributed by atoms with van der Waals surface area (Å²) in [6.07, 6.45) is 1.55. The number of anilines is 1. The third-order valence-electron chi connectivity index (χ3n) is 4.62. The van der Waals surface area contributed by atoms with E-state index in [4.69, 9.17) is 4.74 Å². The van der Waals surface area contributed by atoms with Crippen molar-refractivity contribution in [2.45, 2.75) is 25.7 Å². The zero-order valence-electron chi connectivity index (χ0n) is 15.7. The van der Waals surface area contributed by atoms with Crippen LogP contribution in [-0.2, 0) is 14.3 Å². The smallest absolute Gasteiger partial charge is 0.245 e. The van der Waals surface area contributed by atoms with Crippen molar-refractivity contribution in [3.63, 3.8) is 0 Å². The van der Waals surface area contributed by atoms with Crippen LogP contribution in [0.3, 0.4) is 0 Å². The SMILES string of the molecule is COCCCN(CC(=O)Nc1nc(C)cs1)C(=O)C1CC1c1ccccc1. The zero-order chi connectivity index (χ0) is 19.2. The highest BCUT2D eigenvalue weighted by Crippen LogP contribution is 2.48. The summed E-state index contributed by atoms with van der Waals surface area (Å²) in [6, 6.07) is 10.1. The Labute approximate surface area is 163 Å². The molecule has 0 radical (unpaired) electrons. The number of methoxy groups -OCH3 is 1. The molecule has 1 heterocycles. The highest BCUT2D eigenvalue weighted by molar-refractivity contribution is 7.13. The van der Waals surface area contributed by atoms with Gasteiger partial charge in [-0.2, -0.15) is 0 Å². The molecule has 1 aliphatic carbocycles. The molecule has 27 heavy (non-hydrogen) atoms. The molecule has 0 spiro atoms. The van der Waals surface area contributed by atoms with Gasteiger partial charge in [-0.15, -0.1) is 11.3 Å². The van der Waals surface area contributed by atoms with Gasteiger partial charge in [0.15, 0.2) is 5.13 Å². The number of nitrogens with one attached hydrogen (secondary N) is 1. The maximum Gasteiger partial charge on any atom is 0.245 e. The summed E-state index contributed by atoms with van der Waals surface area (Å²) in [7, 11) is 1.63. The fourth-order valence-electron chi connectivity index (χ4n) is 3.18. The third-order valence-corrected chi connectivity index (χ3v) is 5.50. The fraction of sp³-hybridized carbons (Fsp3) is 0.450. The Morgan fingerprint density at radius 3 is 2.78 bits per heavy atom. The molecule has 1 aromatic carbocycles. The van der Waals surface area contributed by atoms with Crippen LogP contribution < -0.4 is 5.32 Å². The summed E-state index contributed by atoms with van der Waals surface area (Å²) in [5.41, 5.74) is 2.06. The van der Waals surface area contributed by atoms with Crippen LogP contribution in [0.4, 0.5) is 5.13 Å². The number of benzene rings is 1. The zero-order valence-corrected chi connectivity index (χ0v) is 16.5. The summed E-state index contributed by atoms with van der Waals surface area (Å²) in [5, 5.41) is 5.23. The van der Waals surface area contributed by atoms with E-state index in [9.17, 15) is 9.59 Å². The first-order valence-electron chi connectivity index (χ1n) is 9.13. The third kappa shape index (κ3) is 5.37. The molecule has 1 saturated carbocycles. The number of thiazole rings is 1. The number of aryl methyl sites for hydroxylation is 1. The Kier molecular flexibility index (Phi) is 6.58. The standard InChI is InChI=1S/C20H25N3O3S/c1-14-13-27-20(21-14)22-18(24)12-23(9-6-10-26-2)19(25)17-11-16(17)15-7-4-3-5-8-15/h3-5,7-8,13,16-17H,6,9-12H2,1-2H3,(H,21,22,24). The van der Waals surface area contributed by atoms with Crippen LogP contribution in [0.15, 0.2) is 35.7 Å². The van der Waals surface area contributed by atoms with E-state index < -0.39 is 0 Å². The molecule has 3 rings (SSSR count). The van der Waals surface area contributed by atoms with Gasteiger partial charge in [-0.3, -0.25) is 9.59 Å². The first-order chi connectivity index (χ1) is 13.1. The molecule has 2 unspecified atom stereocenters. The molecular formula is C20H25N3O3S. The van der Waals surface area contributed by atoms with E-state index in [0.29, 0.717) is 24.7 Å². The van der Waals surface area contributed by atoms with Gasteiger partial charge >= 0.3 is 0 Å². The van der Waals surface area contributed by atoms with Crippen LogP contribution in [0.25, 0.3) is 0 Å². The fourth-order valence-corrected chi connectivity index (χ4v) is 3.89. The first kappa shape index (κ1) is 19.5. The molecule has 0 aliphatic heterocycles. The quantitative estimate of drug-likeness (QED) is 0.671. The number of carbonyl (C=O) groups is 2. The minimum Gasteiger partial charge on any atom is -0.385 e. The predicted octanol–water partition coefficient (Wildman–Crippen LogP) is 3.06. The summed E-state index contributed by atoms with van der Waals surface area (Å²) < 4.78 is 5.10. The van der Waals surface area contributed by atoms with Crippen LogP contribution in [0.1, 0.15) is 30.0 Å². The monoisotopic (exact) mass is 387 g/mol. The average Bonchev–Trinajstić information content (AvgIpc) is 3.37. The summed E-state index contributed by atoms with van der Waals surface area (Å²) in [4.78, 5) is 31.3. The van der Waals surface area contributed by atoms with Gasteiger partial charge in [-0.25, -0.2) is 4.98 Å². The Hall–Kier alpha value is -2.25. The Balaban J connectivity index is 1.60. The first-order valence-corrected chi connectivity index (χ1v) is 10.0. The second-order valence-electron chi connectivity index (χ2n) is 6.81. The largest absolute Gasteiger partial charge is 0.385 e. The number of amides is 2. The molecule has 0 bridgehead atoms. The van der Waals surface area contributed by atoms with Crippen molar-refractivity contribution in [1.82, 2.24) is 9.88 Å². The van der Waals surface area contributed by atoms with E-state index in [-0.39, 0.29) is 30.2 Å². The lowest BCUT2D eigenvalue weighted by Crippen LogP contribution is -2.40. The van der Waals surface area contributed by atoms with Crippen LogP contribution in [0, 0.1) is 12.8 Å². The minimum absolute atomic E-state index is 0.0372. The second kappa shape index (κ2) is 9.10.